The zero-order valence-electron chi connectivity index (χ0n) is 12.9. The van der Waals surface area contributed by atoms with Crippen LogP contribution >= 0.6 is 11.6 Å². The monoisotopic (exact) mass is 309 g/mol. The van der Waals surface area contributed by atoms with Gasteiger partial charge in [0.25, 0.3) is 0 Å². The third-order valence-electron chi connectivity index (χ3n) is 3.26. The fraction of sp³-hybridized carbons (Fsp3) is 0.438. The normalized spacial score (nSPS) is 11.9. The summed E-state index contributed by atoms with van der Waals surface area (Å²) in [5, 5.41) is 0.340. The van der Waals surface area contributed by atoms with Crippen LogP contribution in [0.5, 0.6) is 0 Å². The number of nitrogen functional groups attached to an aromatic ring is 1. The third-order valence-corrected chi connectivity index (χ3v) is 3.48. The standard InChI is InChI=1S/C16H21ClFN3/c1-5-6-13-20-14(15(19)21(13)16(2,3)4)10-7-11(17)9-12(18)8-10/h7-9H,5-6,19H2,1-4H3. The van der Waals surface area contributed by atoms with E-state index in [0.717, 1.165) is 18.7 Å². The van der Waals surface area contributed by atoms with Crippen molar-refractivity contribution in [1.82, 2.24) is 9.55 Å². The molecule has 3 nitrogen and oxygen atoms in total. The van der Waals surface area contributed by atoms with Gasteiger partial charge in [0.05, 0.1) is 0 Å². The van der Waals surface area contributed by atoms with Crippen LogP contribution in [0.25, 0.3) is 11.3 Å². The lowest BCUT2D eigenvalue weighted by molar-refractivity contribution is 0.387. The first-order chi connectivity index (χ1) is 9.74. The van der Waals surface area contributed by atoms with Gasteiger partial charge in [-0.25, -0.2) is 9.37 Å². The summed E-state index contributed by atoms with van der Waals surface area (Å²) in [5.74, 6) is 1.07. The Morgan fingerprint density at radius 1 is 1.29 bits per heavy atom. The molecule has 0 spiro atoms. The SMILES string of the molecule is CCCc1nc(-c2cc(F)cc(Cl)c2)c(N)n1C(C)(C)C. The number of aromatic nitrogens is 2. The number of aryl methyl sites for hydroxylation is 1. The van der Waals surface area contributed by atoms with Gasteiger partial charge in [-0.1, -0.05) is 18.5 Å². The van der Waals surface area contributed by atoms with Gasteiger partial charge in [-0.3, -0.25) is 0 Å². The average molecular weight is 310 g/mol. The number of nitrogens with zero attached hydrogens (tertiary/aromatic N) is 2. The Morgan fingerprint density at radius 3 is 2.48 bits per heavy atom. The van der Waals surface area contributed by atoms with E-state index in [1.54, 1.807) is 6.07 Å². The van der Waals surface area contributed by atoms with E-state index in [1.807, 2.05) is 4.57 Å². The molecule has 0 bridgehead atoms. The summed E-state index contributed by atoms with van der Waals surface area (Å²) in [4.78, 5) is 4.63. The van der Waals surface area contributed by atoms with Gasteiger partial charge >= 0.3 is 0 Å². The van der Waals surface area contributed by atoms with Crippen molar-refractivity contribution in [3.05, 3.63) is 34.9 Å². The van der Waals surface area contributed by atoms with Gasteiger partial charge in [-0.05, 0) is 45.4 Å². The molecule has 2 N–H and O–H groups in total. The molecule has 114 valence electrons. The summed E-state index contributed by atoms with van der Waals surface area (Å²) in [7, 11) is 0. The number of anilines is 1. The highest BCUT2D eigenvalue weighted by Gasteiger charge is 2.24. The van der Waals surface area contributed by atoms with Gasteiger partial charge in [0.2, 0.25) is 0 Å². The van der Waals surface area contributed by atoms with Crippen LogP contribution in [0, 0.1) is 5.82 Å². The maximum atomic E-state index is 13.6. The van der Waals surface area contributed by atoms with Crippen LogP contribution < -0.4 is 5.73 Å². The van der Waals surface area contributed by atoms with Gasteiger partial charge < -0.3 is 10.3 Å². The zero-order valence-corrected chi connectivity index (χ0v) is 13.6. The minimum atomic E-state index is -0.390. The first-order valence-electron chi connectivity index (χ1n) is 7.08. The fourth-order valence-corrected chi connectivity index (χ4v) is 2.75. The highest BCUT2D eigenvalue weighted by atomic mass is 35.5. The summed E-state index contributed by atoms with van der Waals surface area (Å²) in [6, 6.07) is 4.37. The van der Waals surface area contributed by atoms with Crippen LogP contribution in [-0.2, 0) is 12.0 Å². The summed E-state index contributed by atoms with van der Waals surface area (Å²) < 4.78 is 15.6. The largest absolute Gasteiger partial charge is 0.383 e. The van der Waals surface area contributed by atoms with E-state index in [9.17, 15) is 4.39 Å². The number of rotatable bonds is 3. The van der Waals surface area contributed by atoms with Gasteiger partial charge in [-0.15, -0.1) is 0 Å². The van der Waals surface area contributed by atoms with Crippen LogP contribution in [-0.4, -0.2) is 9.55 Å². The Labute approximate surface area is 129 Å². The van der Waals surface area contributed by atoms with Crippen molar-refractivity contribution < 1.29 is 4.39 Å². The molecule has 1 aromatic carbocycles. The molecule has 0 saturated heterocycles. The van der Waals surface area contributed by atoms with Crippen molar-refractivity contribution in [2.75, 3.05) is 5.73 Å². The molecule has 21 heavy (non-hydrogen) atoms. The molecule has 0 aliphatic carbocycles. The molecule has 2 rings (SSSR count). The first-order valence-corrected chi connectivity index (χ1v) is 7.46. The lowest BCUT2D eigenvalue weighted by atomic mass is 10.1. The molecule has 0 aliphatic rings. The minimum absolute atomic E-state index is 0.184. The number of imidazole rings is 1. The number of hydrogen-bond acceptors (Lipinski definition) is 2. The van der Waals surface area contributed by atoms with Gasteiger partial charge in [0, 0.05) is 22.5 Å². The van der Waals surface area contributed by atoms with Crippen LogP contribution in [0.15, 0.2) is 18.2 Å². The fourth-order valence-electron chi connectivity index (χ4n) is 2.52. The van der Waals surface area contributed by atoms with Crippen LogP contribution in [0.4, 0.5) is 10.2 Å². The number of hydrogen-bond donors (Lipinski definition) is 1. The Balaban J connectivity index is 2.65. The molecule has 0 atom stereocenters. The van der Waals surface area contributed by atoms with Crippen molar-refractivity contribution in [3.8, 4) is 11.3 Å². The number of halogens is 2. The van der Waals surface area contributed by atoms with Crippen molar-refractivity contribution in [3.63, 3.8) is 0 Å². The topological polar surface area (TPSA) is 43.8 Å². The van der Waals surface area contributed by atoms with Crippen molar-refractivity contribution >= 4 is 17.4 Å². The highest BCUT2D eigenvalue weighted by Crippen LogP contribution is 2.33. The smallest absolute Gasteiger partial charge is 0.132 e. The van der Waals surface area contributed by atoms with Gasteiger partial charge in [-0.2, -0.15) is 0 Å². The molecular formula is C16H21ClFN3. The first kappa shape index (κ1) is 15.8. The Morgan fingerprint density at radius 2 is 1.95 bits per heavy atom. The second-order valence-corrected chi connectivity index (χ2v) is 6.61. The lowest BCUT2D eigenvalue weighted by Gasteiger charge is -2.25. The quantitative estimate of drug-likeness (QED) is 0.898. The van der Waals surface area contributed by atoms with Crippen molar-refractivity contribution in [1.29, 1.82) is 0 Å². The molecule has 1 aromatic heterocycles. The summed E-state index contributed by atoms with van der Waals surface area (Å²) >= 11 is 5.93. The maximum Gasteiger partial charge on any atom is 0.132 e. The molecule has 0 saturated carbocycles. The molecule has 0 unspecified atom stereocenters. The van der Waals surface area contributed by atoms with E-state index in [1.165, 1.54) is 12.1 Å². The van der Waals surface area contributed by atoms with E-state index in [0.29, 0.717) is 22.1 Å². The summed E-state index contributed by atoms with van der Waals surface area (Å²) in [6.45, 7) is 8.32. The Hall–Kier alpha value is -1.55. The molecule has 0 fully saturated rings. The molecule has 5 heteroatoms. The Bertz CT molecular complexity index is 636. The number of nitrogens with two attached hydrogens (primary N) is 1. The molecule has 0 radical (unpaired) electrons. The minimum Gasteiger partial charge on any atom is -0.383 e. The van der Waals surface area contributed by atoms with Crippen molar-refractivity contribution in [2.45, 2.75) is 46.1 Å². The predicted octanol–water partition coefficient (Wildman–Crippen LogP) is 4.63. The van der Waals surface area contributed by atoms with E-state index < -0.39 is 0 Å². The second kappa shape index (κ2) is 5.68. The summed E-state index contributed by atoms with van der Waals surface area (Å²) in [6.07, 6.45) is 1.79. The molecular weight excluding hydrogens is 289 g/mol. The average Bonchev–Trinajstić information content (AvgIpc) is 2.65. The van der Waals surface area contributed by atoms with E-state index in [-0.39, 0.29) is 11.4 Å². The third kappa shape index (κ3) is 3.21. The summed E-state index contributed by atoms with van der Waals surface area (Å²) in [5.41, 5.74) is 7.31. The zero-order chi connectivity index (χ0) is 15.8. The molecule has 1 heterocycles. The second-order valence-electron chi connectivity index (χ2n) is 6.18. The highest BCUT2D eigenvalue weighted by molar-refractivity contribution is 6.30. The van der Waals surface area contributed by atoms with Crippen LogP contribution in [0.2, 0.25) is 5.02 Å². The predicted molar refractivity (Wildman–Crippen MR) is 86.0 cm³/mol. The maximum absolute atomic E-state index is 13.6. The van der Waals surface area contributed by atoms with Gasteiger partial charge in [0.15, 0.2) is 0 Å². The van der Waals surface area contributed by atoms with Crippen LogP contribution in [0.3, 0.4) is 0 Å². The van der Waals surface area contributed by atoms with Crippen LogP contribution in [0.1, 0.15) is 39.9 Å². The van der Waals surface area contributed by atoms with E-state index in [2.05, 4.69) is 32.7 Å². The molecule has 0 amide bonds. The van der Waals surface area contributed by atoms with Gasteiger partial charge in [0.1, 0.15) is 23.2 Å². The Kier molecular flexibility index (Phi) is 4.28. The van der Waals surface area contributed by atoms with E-state index in [4.69, 9.17) is 17.3 Å². The van der Waals surface area contributed by atoms with Crippen molar-refractivity contribution in [2.24, 2.45) is 0 Å². The lowest BCUT2D eigenvalue weighted by Crippen LogP contribution is -2.25. The molecule has 2 aromatic rings. The van der Waals surface area contributed by atoms with E-state index >= 15 is 0 Å². The number of benzene rings is 1. The molecule has 0 aliphatic heterocycles.